The van der Waals surface area contributed by atoms with Gasteiger partial charge >= 0.3 is 26.2 Å². The number of carbonyl (C=O) groups is 7. The van der Waals surface area contributed by atoms with Gasteiger partial charge in [0.2, 0.25) is 23.6 Å². The van der Waals surface area contributed by atoms with Crippen LogP contribution in [0, 0.1) is 0 Å². The van der Waals surface area contributed by atoms with Gasteiger partial charge in [-0.3, -0.25) is 28.8 Å². The average Bonchev–Trinajstić information content (AvgIpc) is 3.59. The van der Waals surface area contributed by atoms with Crippen LogP contribution in [0.5, 0.6) is 0 Å². The Kier molecular flexibility index (Phi) is 42.9. The predicted octanol–water partition coefficient (Wildman–Crippen LogP) is 6.54. The highest BCUT2D eigenvalue weighted by Crippen LogP contribution is 2.29. The van der Waals surface area contributed by atoms with Crippen molar-refractivity contribution in [1.29, 1.82) is 0 Å². The summed E-state index contributed by atoms with van der Waals surface area (Å²) in [6, 6.07) is -4.49. The maximum Gasteiger partial charge on any atom is 0.697 e. The van der Waals surface area contributed by atoms with Crippen molar-refractivity contribution in [3.8, 4) is 0 Å². The van der Waals surface area contributed by atoms with Crippen molar-refractivity contribution in [3.63, 3.8) is 0 Å². The van der Waals surface area contributed by atoms with Crippen molar-refractivity contribution in [2.24, 2.45) is 17.2 Å². The van der Waals surface area contributed by atoms with Crippen LogP contribution in [-0.2, 0) is 66.1 Å². The lowest BCUT2D eigenvalue weighted by molar-refractivity contribution is -0.268. The van der Waals surface area contributed by atoms with Crippen molar-refractivity contribution >= 4 is 49.8 Å². The third-order valence-corrected chi connectivity index (χ3v) is 15.9. The molecule has 0 spiro atoms. The third kappa shape index (κ3) is 33.2. The summed E-state index contributed by atoms with van der Waals surface area (Å²) >= 11 is 0. The molecule has 1 rings (SSSR count). The molecule has 4 amide bonds. The number of amides is 4. The molecule has 24 nitrogen and oxygen atoms in total. The minimum Gasteiger partial charge on any atom is -0.480 e. The second-order valence-corrected chi connectivity index (χ2v) is 23.7. The standard InChI is InChI=1S/C59H109N6O18P/c1-7-9-11-13-15-17-19-21-23-25-27-29-31-33-49(69)81-47(41-79-84(77)78-38-37-60)54(83-50(70)34-32-30-28-26-24-22-20-18-16-14-12-10-8-2)59(6,62)58(76)64-45(55(61)72)35-36-48(68)65(43(4)56(73)74)39-42(3)80-53-51(63-44(5)67)57(75)82-46(40-66)52(53)71/h42-43,45-47,51-54,57,66,71,75H,7-41,60,62H2,1-6H3,(H4-,61,63,64,67,72,73,74,76)/p+1/t42?,43-,45+,46+,47-,51+,52+,53+,54?,57-,59+/m0/s1. The van der Waals surface area contributed by atoms with E-state index in [-0.39, 0.29) is 26.0 Å². The summed E-state index contributed by atoms with van der Waals surface area (Å²) in [5, 5.41) is 46.2. The van der Waals surface area contributed by atoms with Crippen LogP contribution in [0.1, 0.15) is 234 Å². The molecule has 0 aromatic heterocycles. The van der Waals surface area contributed by atoms with Gasteiger partial charge in [0.05, 0.1) is 12.7 Å². The summed E-state index contributed by atoms with van der Waals surface area (Å²) in [6.07, 6.45) is 16.0. The zero-order valence-corrected chi connectivity index (χ0v) is 52.5. The fourth-order valence-electron chi connectivity index (χ4n) is 10.0. The van der Waals surface area contributed by atoms with Crippen LogP contribution in [0.3, 0.4) is 0 Å². The van der Waals surface area contributed by atoms with E-state index in [1.165, 1.54) is 104 Å². The number of ether oxygens (including phenoxy) is 4. The summed E-state index contributed by atoms with van der Waals surface area (Å²) in [7, 11) is -2.86. The molecule has 84 heavy (non-hydrogen) atoms. The molecule has 0 aliphatic carbocycles. The van der Waals surface area contributed by atoms with E-state index in [9.17, 15) is 58.6 Å². The number of aliphatic carboxylic acids is 1. The number of hydrogen-bond acceptors (Lipinski definition) is 19. The van der Waals surface area contributed by atoms with Gasteiger partial charge in [-0.15, -0.1) is 9.05 Å². The summed E-state index contributed by atoms with van der Waals surface area (Å²) in [5.41, 5.74) is 15.8. The molecule has 1 saturated heterocycles. The molecule has 1 aliphatic heterocycles. The monoisotopic (exact) mass is 1220 g/mol. The second-order valence-electron chi connectivity index (χ2n) is 22.8. The van der Waals surface area contributed by atoms with Gasteiger partial charge < -0.3 is 72.1 Å². The number of hydrogen-bond donors (Lipinski definition) is 9. The van der Waals surface area contributed by atoms with Crippen molar-refractivity contribution in [2.45, 2.75) is 301 Å². The Balaban J connectivity index is 3.36. The van der Waals surface area contributed by atoms with Crippen molar-refractivity contribution in [2.75, 3.05) is 32.9 Å². The van der Waals surface area contributed by atoms with Crippen LogP contribution in [0.15, 0.2) is 0 Å². The molecule has 0 radical (unpaired) electrons. The molecule has 12 atom stereocenters. The first-order valence-electron chi connectivity index (χ1n) is 31.3. The molecule has 1 aliphatic rings. The normalized spacial score (nSPS) is 19.7. The van der Waals surface area contributed by atoms with E-state index in [4.69, 9.17) is 45.2 Å². The lowest BCUT2D eigenvalue weighted by atomic mass is 9.89. The SMILES string of the molecule is CCCCCCCCCCCCCCCC(=O)OC([C@H](CO[P+](=O)OCCN)OC(=O)CCCCCCCCCCCCCCC)[C@@](C)(N)C(=O)N[C@H](CCC(=O)N(CC(C)O[C@H]1[C@H](O)[C@@H](CO)O[C@H](O)[C@@H]1NC(C)=O)[C@@H](C)C(=O)O)C(N)=O. The number of carboxylic acids is 1. The van der Waals surface area contributed by atoms with Gasteiger partial charge in [0, 0.05) is 43.8 Å². The number of aliphatic hydroxyl groups excluding tert-OH is 3. The van der Waals surface area contributed by atoms with E-state index < -0.39 is 149 Å². The molecule has 25 heteroatoms. The van der Waals surface area contributed by atoms with Crippen LogP contribution in [0.4, 0.5) is 0 Å². The average molecular weight is 1220 g/mol. The molecule has 0 aromatic carbocycles. The number of primary amides is 1. The highest BCUT2D eigenvalue weighted by molar-refractivity contribution is 7.33. The smallest absolute Gasteiger partial charge is 0.480 e. The van der Waals surface area contributed by atoms with E-state index in [2.05, 4.69) is 24.5 Å². The number of nitrogens with zero attached hydrogens (tertiary/aromatic N) is 1. The first kappa shape index (κ1) is 78.0. The third-order valence-electron chi connectivity index (χ3n) is 15.1. The van der Waals surface area contributed by atoms with Gasteiger partial charge in [-0.2, -0.15) is 0 Å². The largest absolute Gasteiger partial charge is 0.697 e. The molecule has 488 valence electrons. The molecular formula is C59H110N6O18P+. The number of nitrogens with one attached hydrogen (secondary N) is 2. The fraction of sp³-hybridized carbons (Fsp3) is 0.881. The van der Waals surface area contributed by atoms with E-state index in [0.29, 0.717) is 19.3 Å². The highest BCUT2D eigenvalue weighted by Gasteiger charge is 2.50. The van der Waals surface area contributed by atoms with Crippen LogP contribution in [0.25, 0.3) is 0 Å². The molecule has 0 aromatic rings. The lowest BCUT2D eigenvalue weighted by Gasteiger charge is -2.43. The van der Waals surface area contributed by atoms with E-state index in [1.807, 2.05) is 0 Å². The summed E-state index contributed by atoms with van der Waals surface area (Å²) < 4.78 is 46.5. The Morgan fingerprint density at radius 3 is 1.61 bits per heavy atom. The Morgan fingerprint density at radius 1 is 0.714 bits per heavy atom. The summed E-state index contributed by atoms with van der Waals surface area (Å²) in [5.74, 6) is -6.72. The predicted molar refractivity (Wildman–Crippen MR) is 317 cm³/mol. The van der Waals surface area contributed by atoms with Crippen LogP contribution in [-0.4, -0.2) is 166 Å². The van der Waals surface area contributed by atoms with E-state index >= 15 is 0 Å². The number of esters is 2. The van der Waals surface area contributed by atoms with Gasteiger partial charge in [-0.25, -0.2) is 4.79 Å². The second kappa shape index (κ2) is 46.2. The van der Waals surface area contributed by atoms with E-state index in [0.717, 1.165) is 76.5 Å². The van der Waals surface area contributed by atoms with E-state index in [1.54, 1.807) is 0 Å². The summed E-state index contributed by atoms with van der Waals surface area (Å²) in [6.45, 7) is 7.30. The number of nitrogens with two attached hydrogens (primary N) is 3. The molecule has 0 bridgehead atoms. The van der Waals surface area contributed by atoms with Gasteiger partial charge in [0.25, 0.3) is 0 Å². The maximum absolute atomic E-state index is 14.5. The number of unbranched alkanes of at least 4 members (excludes halogenated alkanes) is 24. The highest BCUT2D eigenvalue weighted by atomic mass is 31.1. The Hall–Kier alpha value is -3.97. The van der Waals surface area contributed by atoms with Gasteiger partial charge in [-0.1, -0.05) is 168 Å². The van der Waals surface area contributed by atoms with Crippen molar-refractivity contribution in [3.05, 3.63) is 0 Å². The molecule has 1 fully saturated rings. The van der Waals surface area contributed by atoms with Crippen molar-refractivity contribution < 1.29 is 86.5 Å². The zero-order chi connectivity index (χ0) is 62.9. The topological polar surface area (TPSA) is 378 Å². The maximum atomic E-state index is 14.5. The molecule has 3 unspecified atom stereocenters. The first-order valence-corrected chi connectivity index (χ1v) is 32.4. The van der Waals surface area contributed by atoms with Crippen LogP contribution < -0.4 is 27.8 Å². The Morgan fingerprint density at radius 2 is 1.18 bits per heavy atom. The first-order chi connectivity index (χ1) is 40.0. The van der Waals surface area contributed by atoms with Crippen LogP contribution >= 0.6 is 8.25 Å². The minimum absolute atomic E-state index is 0.000566. The van der Waals surface area contributed by atoms with Gasteiger partial charge in [0.15, 0.2) is 18.5 Å². The van der Waals surface area contributed by atoms with Crippen molar-refractivity contribution in [1.82, 2.24) is 15.5 Å². The Bertz CT molecular complexity index is 1890. The van der Waals surface area contributed by atoms with Crippen LogP contribution in [0.2, 0.25) is 0 Å². The van der Waals surface area contributed by atoms with Gasteiger partial charge in [-0.05, 0) is 40.0 Å². The van der Waals surface area contributed by atoms with Gasteiger partial charge in [0.1, 0.15) is 55.2 Å². The molecule has 12 N–H and O–H groups in total. The quantitative estimate of drug-likeness (QED) is 0.0177. The lowest BCUT2D eigenvalue weighted by Crippen LogP contribution is -2.66. The molecular weight excluding hydrogens is 1110 g/mol. The number of rotatable bonds is 52. The molecule has 1 heterocycles. The zero-order valence-electron chi connectivity index (χ0n) is 51.7. The number of aliphatic hydroxyl groups is 3. The minimum atomic E-state index is -2.86. The molecule has 0 saturated carbocycles. The Labute approximate surface area is 501 Å². The fourth-order valence-corrected chi connectivity index (χ4v) is 10.6. The number of carboxylic acid groups (broad SMARTS) is 1. The number of carbonyl (C=O) groups excluding carboxylic acids is 6. The summed E-state index contributed by atoms with van der Waals surface area (Å²) in [4.78, 5) is 94.1.